The number of hydrogen-bond donors (Lipinski definition) is 2. The molecule has 0 aliphatic carbocycles. The van der Waals surface area contributed by atoms with Crippen LogP contribution in [0.25, 0.3) is 0 Å². The quantitative estimate of drug-likeness (QED) is 0.492. The van der Waals surface area contributed by atoms with Crippen molar-refractivity contribution in [3.63, 3.8) is 0 Å². The van der Waals surface area contributed by atoms with E-state index in [2.05, 4.69) is 5.16 Å². The van der Waals surface area contributed by atoms with Gasteiger partial charge in [-0.3, -0.25) is 0 Å². The zero-order chi connectivity index (χ0) is 17.5. The van der Waals surface area contributed by atoms with E-state index in [1.165, 1.54) is 7.11 Å². The second-order valence-corrected chi connectivity index (χ2v) is 5.86. The molecule has 0 saturated heterocycles. The minimum Gasteiger partial charge on any atom is -0.492 e. The molecule has 1 aromatic carbocycles. The summed E-state index contributed by atoms with van der Waals surface area (Å²) in [5, 5.41) is 11.3. The van der Waals surface area contributed by atoms with Crippen LogP contribution in [0.5, 0.6) is 17.2 Å². The van der Waals surface area contributed by atoms with Crippen molar-refractivity contribution in [3.05, 3.63) is 17.2 Å². The Hall–Kier alpha value is -2.16. The Bertz CT molecular complexity index is 676. The van der Waals surface area contributed by atoms with Gasteiger partial charge in [0.05, 0.1) is 32.7 Å². The monoisotopic (exact) mass is 347 g/mol. The van der Waals surface area contributed by atoms with Gasteiger partial charge in [-0.25, -0.2) is 0 Å². The Kier molecular flexibility index (Phi) is 4.20. The highest BCUT2D eigenvalue weighted by Gasteiger charge is 2.43. The van der Waals surface area contributed by atoms with Crippen LogP contribution in [0.4, 0.5) is 13.2 Å². The second-order valence-electron chi connectivity index (χ2n) is 5.86. The van der Waals surface area contributed by atoms with E-state index in [-0.39, 0.29) is 6.79 Å². The zero-order valence-corrected chi connectivity index (χ0v) is 13.2. The molecule has 1 unspecified atom stereocenters. The van der Waals surface area contributed by atoms with Crippen molar-refractivity contribution in [1.82, 2.24) is 0 Å². The van der Waals surface area contributed by atoms with Gasteiger partial charge < -0.3 is 24.3 Å². The van der Waals surface area contributed by atoms with Crippen LogP contribution in [-0.2, 0) is 6.42 Å². The van der Waals surface area contributed by atoms with E-state index < -0.39 is 24.4 Å². The molecule has 9 heteroatoms. The van der Waals surface area contributed by atoms with Crippen molar-refractivity contribution in [2.45, 2.75) is 25.1 Å². The van der Waals surface area contributed by atoms with Gasteiger partial charge in [-0.05, 0) is 11.6 Å². The Balaban J connectivity index is 2.07. The molecule has 3 rings (SSSR count). The number of alkyl halides is 3. The number of benzene rings is 1. The summed E-state index contributed by atoms with van der Waals surface area (Å²) < 4.78 is 55.2. The molecular formula is C15H18F3N2O4+. The predicted octanol–water partition coefficient (Wildman–Crippen LogP) is 1.32. The third-order valence-corrected chi connectivity index (χ3v) is 4.53. The molecule has 0 saturated carbocycles. The molecule has 0 spiro atoms. The number of nitrogens with one attached hydrogen (secondary N) is 1. The van der Waals surface area contributed by atoms with Crippen molar-refractivity contribution in [2.24, 2.45) is 5.16 Å². The molecule has 2 heterocycles. The lowest BCUT2D eigenvalue weighted by atomic mass is 9.88. The summed E-state index contributed by atoms with van der Waals surface area (Å²) in [6.07, 6.45) is -4.45. The van der Waals surface area contributed by atoms with Crippen LogP contribution in [0.15, 0.2) is 11.2 Å². The number of quaternary nitrogens is 1. The van der Waals surface area contributed by atoms with Gasteiger partial charge >= 0.3 is 6.18 Å². The van der Waals surface area contributed by atoms with Crippen molar-refractivity contribution in [2.75, 3.05) is 27.5 Å². The number of ether oxygens (including phenoxy) is 3. The number of nitrogens with zero attached hydrogens (tertiary/aromatic N) is 1. The number of oxime groups is 1. The summed E-state index contributed by atoms with van der Waals surface area (Å²) in [6, 6.07) is 1.23. The smallest absolute Gasteiger partial charge is 0.432 e. The summed E-state index contributed by atoms with van der Waals surface area (Å²) in [6.45, 7) is 0.699. The van der Waals surface area contributed by atoms with Gasteiger partial charge in [-0.15, -0.1) is 0 Å². The molecule has 132 valence electrons. The number of hydrogen-bond acceptors (Lipinski definition) is 5. The van der Waals surface area contributed by atoms with E-state index in [1.807, 2.05) is 7.05 Å². The number of rotatable bonds is 3. The van der Waals surface area contributed by atoms with Gasteiger partial charge in [0.25, 0.3) is 0 Å². The van der Waals surface area contributed by atoms with Crippen molar-refractivity contribution in [1.29, 1.82) is 0 Å². The summed E-state index contributed by atoms with van der Waals surface area (Å²) in [5.41, 5.74) is 0.307. The van der Waals surface area contributed by atoms with E-state index in [4.69, 9.17) is 19.4 Å². The van der Waals surface area contributed by atoms with Crippen molar-refractivity contribution >= 4 is 5.71 Å². The van der Waals surface area contributed by atoms with Gasteiger partial charge in [-0.1, -0.05) is 5.16 Å². The Morgan fingerprint density at radius 2 is 2.21 bits per heavy atom. The van der Waals surface area contributed by atoms with Crippen LogP contribution in [0.1, 0.15) is 23.6 Å². The molecule has 0 amide bonds. The normalized spacial score (nSPS) is 23.1. The molecule has 0 bridgehead atoms. The minimum absolute atomic E-state index is 0.0495. The van der Waals surface area contributed by atoms with Crippen LogP contribution in [0, 0.1) is 0 Å². The molecule has 6 nitrogen and oxygen atoms in total. The topological polar surface area (TPSA) is 64.7 Å². The average molecular weight is 347 g/mol. The maximum atomic E-state index is 13.0. The van der Waals surface area contributed by atoms with Gasteiger partial charge in [0, 0.05) is 6.42 Å². The van der Waals surface area contributed by atoms with Crippen LogP contribution in [0.3, 0.4) is 0 Å². The first-order chi connectivity index (χ1) is 11.4. The maximum Gasteiger partial charge on any atom is 0.432 e. The Morgan fingerprint density at radius 1 is 1.46 bits per heavy atom. The van der Waals surface area contributed by atoms with E-state index in [1.54, 1.807) is 6.07 Å². The molecule has 0 fully saturated rings. The van der Waals surface area contributed by atoms with Crippen LogP contribution in [0.2, 0.25) is 0 Å². The maximum absolute atomic E-state index is 13.0. The molecule has 1 aromatic rings. The second kappa shape index (κ2) is 6.04. The zero-order valence-electron chi connectivity index (χ0n) is 13.2. The minimum atomic E-state index is -4.68. The third-order valence-electron chi connectivity index (χ3n) is 4.53. The molecule has 0 aromatic heterocycles. The SMILES string of the molecule is COc1c2c(cc3c1[C@@H](C/C(=N\O)C(F)(F)F)[NH+](C)CC3)OCO2. The number of fused-ring (bicyclic) bond motifs is 2. The molecule has 2 atom stereocenters. The highest BCUT2D eigenvalue weighted by atomic mass is 19.4. The summed E-state index contributed by atoms with van der Waals surface area (Å²) in [4.78, 5) is 0.880. The lowest BCUT2D eigenvalue weighted by molar-refractivity contribution is -0.913. The average Bonchev–Trinajstić information content (AvgIpc) is 2.98. The first kappa shape index (κ1) is 16.7. The van der Waals surface area contributed by atoms with Crippen LogP contribution >= 0.6 is 0 Å². The lowest BCUT2D eigenvalue weighted by Crippen LogP contribution is -3.10. The van der Waals surface area contributed by atoms with Crippen LogP contribution in [-0.4, -0.2) is 44.6 Å². The first-order valence-electron chi connectivity index (χ1n) is 7.46. The fraction of sp³-hybridized carbons (Fsp3) is 0.533. The van der Waals surface area contributed by atoms with Crippen molar-refractivity contribution < 1.29 is 37.5 Å². The largest absolute Gasteiger partial charge is 0.492 e. The first-order valence-corrected chi connectivity index (χ1v) is 7.46. The highest BCUT2D eigenvalue weighted by molar-refractivity contribution is 5.89. The molecular weight excluding hydrogens is 329 g/mol. The predicted molar refractivity (Wildman–Crippen MR) is 77.2 cm³/mol. The summed E-state index contributed by atoms with van der Waals surface area (Å²) in [7, 11) is 3.26. The summed E-state index contributed by atoms with van der Waals surface area (Å²) in [5.74, 6) is 1.34. The molecule has 24 heavy (non-hydrogen) atoms. The fourth-order valence-corrected chi connectivity index (χ4v) is 3.30. The number of methoxy groups -OCH3 is 1. The molecule has 2 aliphatic rings. The third kappa shape index (κ3) is 2.72. The van der Waals surface area contributed by atoms with Gasteiger partial charge in [-0.2, -0.15) is 13.2 Å². The molecule has 2 N–H and O–H groups in total. The fourth-order valence-electron chi connectivity index (χ4n) is 3.30. The van der Waals surface area contributed by atoms with Gasteiger partial charge in [0.15, 0.2) is 17.2 Å². The Labute approximate surface area is 136 Å². The van der Waals surface area contributed by atoms with E-state index >= 15 is 0 Å². The molecule has 2 aliphatic heterocycles. The number of halogens is 3. The van der Waals surface area contributed by atoms with Crippen molar-refractivity contribution in [3.8, 4) is 17.2 Å². The van der Waals surface area contributed by atoms with Gasteiger partial charge in [0.2, 0.25) is 12.5 Å². The standard InChI is InChI=1S/C15H17F3N2O4/c1-20-4-3-8-5-10-13(24-7-23-10)14(22-2)12(8)9(20)6-11(19-21)15(16,17)18/h5,9,21H,3-4,6-7H2,1-2H3/p+1/b19-11+/t9-/m1/s1. The Morgan fingerprint density at radius 3 is 2.83 bits per heavy atom. The lowest BCUT2D eigenvalue weighted by Gasteiger charge is -2.33. The number of likely N-dealkylation sites (N-methyl/N-ethyl adjacent to an activating group) is 1. The van der Waals surface area contributed by atoms with E-state index in [0.29, 0.717) is 35.8 Å². The highest BCUT2D eigenvalue weighted by Crippen LogP contribution is 2.48. The van der Waals surface area contributed by atoms with Crippen LogP contribution < -0.4 is 19.1 Å². The van der Waals surface area contributed by atoms with E-state index in [9.17, 15) is 13.2 Å². The molecule has 0 radical (unpaired) electrons. The van der Waals surface area contributed by atoms with E-state index in [0.717, 1.165) is 10.5 Å². The summed E-state index contributed by atoms with van der Waals surface area (Å²) >= 11 is 0. The van der Waals surface area contributed by atoms with Gasteiger partial charge in [0.1, 0.15) is 6.04 Å².